The van der Waals surface area contributed by atoms with Gasteiger partial charge in [0.2, 0.25) is 0 Å². The highest BCUT2D eigenvalue weighted by Crippen LogP contribution is 2.40. The third-order valence-electron chi connectivity index (χ3n) is 3.63. The molecule has 0 atom stereocenters. The molecule has 0 bridgehead atoms. The number of rotatable bonds is 2. The second-order valence-corrected chi connectivity index (χ2v) is 4.37. The molecule has 2 fully saturated rings. The first kappa shape index (κ1) is 8.45. The van der Waals surface area contributed by atoms with Gasteiger partial charge in [-0.25, -0.2) is 0 Å². The first-order valence-corrected chi connectivity index (χ1v) is 5.26. The van der Waals surface area contributed by atoms with Gasteiger partial charge in [0.25, 0.3) is 0 Å². The topological polar surface area (TPSA) is 21.3 Å². The Hall–Kier alpha value is -0.860. The van der Waals surface area contributed by atoms with Gasteiger partial charge in [0.1, 0.15) is 0 Å². The van der Waals surface area contributed by atoms with Gasteiger partial charge in [-0.15, -0.1) is 0 Å². The summed E-state index contributed by atoms with van der Waals surface area (Å²) in [7, 11) is 0. The molecule has 0 amide bonds. The van der Waals surface area contributed by atoms with E-state index in [1.54, 1.807) is 0 Å². The van der Waals surface area contributed by atoms with Crippen LogP contribution >= 0.6 is 0 Å². The Bertz CT molecular complexity index is 314. The normalized spacial score (nSPS) is 25.1. The maximum Gasteiger partial charge on any atom is 0.0589 e. The Kier molecular flexibility index (Phi) is 1.85. The molecule has 2 saturated heterocycles. The van der Waals surface area contributed by atoms with E-state index in [0.29, 0.717) is 5.41 Å². The van der Waals surface area contributed by atoms with Crippen molar-refractivity contribution in [1.82, 2.24) is 5.32 Å². The molecule has 0 aromatic heterocycles. The molecule has 2 aliphatic heterocycles. The molecule has 74 valence electrons. The summed E-state index contributed by atoms with van der Waals surface area (Å²) in [5.74, 6) is 0.777. The summed E-state index contributed by atoms with van der Waals surface area (Å²) in [4.78, 5) is 0. The van der Waals surface area contributed by atoms with Crippen molar-refractivity contribution in [3.63, 3.8) is 0 Å². The highest BCUT2D eigenvalue weighted by atomic mass is 16.5. The minimum atomic E-state index is 0.326. The van der Waals surface area contributed by atoms with E-state index in [0.717, 1.165) is 32.2 Å². The number of ether oxygens (including phenoxy) is 1. The van der Waals surface area contributed by atoms with Crippen molar-refractivity contribution in [3.8, 4) is 0 Å². The fraction of sp³-hybridized carbons (Fsp3) is 0.500. The van der Waals surface area contributed by atoms with E-state index in [1.165, 1.54) is 5.56 Å². The maximum absolute atomic E-state index is 5.42. The van der Waals surface area contributed by atoms with E-state index in [-0.39, 0.29) is 0 Å². The quantitative estimate of drug-likeness (QED) is 0.754. The summed E-state index contributed by atoms with van der Waals surface area (Å²) in [6.45, 7) is 4.11. The Morgan fingerprint density at radius 3 is 2.29 bits per heavy atom. The molecule has 0 saturated carbocycles. The van der Waals surface area contributed by atoms with Gasteiger partial charge in [-0.2, -0.15) is 0 Å². The smallest absolute Gasteiger partial charge is 0.0589 e. The van der Waals surface area contributed by atoms with Gasteiger partial charge in [0, 0.05) is 18.5 Å². The van der Waals surface area contributed by atoms with Gasteiger partial charge in [0.05, 0.1) is 13.2 Å². The molecule has 14 heavy (non-hydrogen) atoms. The summed E-state index contributed by atoms with van der Waals surface area (Å²) in [5, 5.41) is 3.35. The second-order valence-electron chi connectivity index (χ2n) is 4.37. The zero-order valence-corrected chi connectivity index (χ0v) is 8.20. The minimum Gasteiger partial charge on any atom is -0.379 e. The Morgan fingerprint density at radius 2 is 1.86 bits per heavy atom. The van der Waals surface area contributed by atoms with Gasteiger partial charge in [-0.05, 0) is 11.5 Å². The summed E-state index contributed by atoms with van der Waals surface area (Å²) in [6.07, 6.45) is 0. The highest BCUT2D eigenvalue weighted by Gasteiger charge is 2.48. The van der Waals surface area contributed by atoms with Crippen LogP contribution in [0.3, 0.4) is 0 Å². The molecule has 1 aromatic carbocycles. The molecule has 2 nitrogen and oxygen atoms in total. The molecule has 1 aromatic rings. The van der Waals surface area contributed by atoms with Gasteiger partial charge in [-0.3, -0.25) is 0 Å². The van der Waals surface area contributed by atoms with Crippen molar-refractivity contribution < 1.29 is 4.74 Å². The Labute approximate surface area is 84.3 Å². The molecule has 2 heteroatoms. The van der Waals surface area contributed by atoms with E-state index in [1.807, 2.05) is 0 Å². The molecule has 1 N–H and O–H groups in total. The minimum absolute atomic E-state index is 0.326. The van der Waals surface area contributed by atoms with Crippen LogP contribution in [-0.2, 0) is 10.2 Å². The lowest BCUT2D eigenvalue weighted by atomic mass is 9.66. The lowest BCUT2D eigenvalue weighted by molar-refractivity contribution is -0.101. The molecular weight excluding hydrogens is 174 g/mol. The lowest BCUT2D eigenvalue weighted by Gasteiger charge is -2.51. The molecule has 0 spiro atoms. The molecule has 2 aliphatic rings. The largest absolute Gasteiger partial charge is 0.379 e. The summed E-state index contributed by atoms with van der Waals surface area (Å²) in [5.41, 5.74) is 1.78. The third-order valence-corrected chi connectivity index (χ3v) is 3.63. The predicted molar refractivity (Wildman–Crippen MR) is 55.3 cm³/mol. The van der Waals surface area contributed by atoms with E-state index < -0.39 is 0 Å². The first-order chi connectivity index (χ1) is 6.92. The zero-order valence-electron chi connectivity index (χ0n) is 8.20. The maximum atomic E-state index is 5.42. The number of nitrogens with one attached hydrogen (secondary N) is 1. The van der Waals surface area contributed by atoms with Crippen LogP contribution in [0.5, 0.6) is 0 Å². The predicted octanol–water partition coefficient (Wildman–Crippen LogP) is 1.17. The Balaban J connectivity index is 1.93. The molecule has 3 rings (SSSR count). The summed E-state index contributed by atoms with van der Waals surface area (Å²) < 4.78 is 5.42. The first-order valence-electron chi connectivity index (χ1n) is 5.26. The van der Waals surface area contributed by atoms with Crippen LogP contribution in [0.4, 0.5) is 0 Å². The fourth-order valence-electron chi connectivity index (χ4n) is 2.41. The molecule has 0 unspecified atom stereocenters. The summed E-state index contributed by atoms with van der Waals surface area (Å²) >= 11 is 0. The van der Waals surface area contributed by atoms with E-state index in [2.05, 4.69) is 35.6 Å². The Morgan fingerprint density at radius 1 is 1.14 bits per heavy atom. The lowest BCUT2D eigenvalue weighted by Crippen LogP contribution is -2.62. The monoisotopic (exact) mass is 189 g/mol. The number of benzene rings is 1. The molecule has 0 aliphatic carbocycles. The van der Waals surface area contributed by atoms with Crippen molar-refractivity contribution in [1.29, 1.82) is 0 Å². The van der Waals surface area contributed by atoms with Crippen molar-refractivity contribution in [2.24, 2.45) is 5.92 Å². The number of hydrogen-bond donors (Lipinski definition) is 1. The van der Waals surface area contributed by atoms with E-state index in [9.17, 15) is 0 Å². The van der Waals surface area contributed by atoms with Crippen LogP contribution in [-0.4, -0.2) is 26.3 Å². The van der Waals surface area contributed by atoms with Gasteiger partial charge in [0.15, 0.2) is 0 Å². The molecule has 0 radical (unpaired) electrons. The van der Waals surface area contributed by atoms with Gasteiger partial charge in [-0.1, -0.05) is 30.3 Å². The number of hydrogen-bond acceptors (Lipinski definition) is 2. The fourth-order valence-corrected chi connectivity index (χ4v) is 2.41. The SMILES string of the molecule is c1ccc(C2(C3CNC3)COC2)cc1. The van der Waals surface area contributed by atoms with Crippen LogP contribution in [0.25, 0.3) is 0 Å². The van der Waals surface area contributed by atoms with Crippen LogP contribution in [0.15, 0.2) is 30.3 Å². The van der Waals surface area contributed by atoms with Crippen LogP contribution < -0.4 is 5.32 Å². The van der Waals surface area contributed by atoms with Gasteiger partial charge >= 0.3 is 0 Å². The van der Waals surface area contributed by atoms with Crippen molar-refractivity contribution in [3.05, 3.63) is 35.9 Å². The zero-order chi connectivity index (χ0) is 9.43. The van der Waals surface area contributed by atoms with E-state index >= 15 is 0 Å². The van der Waals surface area contributed by atoms with E-state index in [4.69, 9.17) is 4.74 Å². The third kappa shape index (κ3) is 1.04. The van der Waals surface area contributed by atoms with Crippen molar-refractivity contribution in [2.45, 2.75) is 5.41 Å². The van der Waals surface area contributed by atoms with Crippen molar-refractivity contribution in [2.75, 3.05) is 26.3 Å². The average Bonchev–Trinajstić information content (AvgIpc) is 2.09. The second kappa shape index (κ2) is 3.07. The van der Waals surface area contributed by atoms with Gasteiger partial charge < -0.3 is 10.1 Å². The van der Waals surface area contributed by atoms with Crippen LogP contribution in [0.2, 0.25) is 0 Å². The van der Waals surface area contributed by atoms with Crippen LogP contribution in [0, 0.1) is 5.92 Å². The molecule has 2 heterocycles. The van der Waals surface area contributed by atoms with Crippen LogP contribution in [0.1, 0.15) is 5.56 Å². The summed E-state index contributed by atoms with van der Waals surface area (Å²) in [6, 6.07) is 10.8. The molecular formula is C12H15NO. The highest BCUT2D eigenvalue weighted by molar-refractivity contribution is 5.30. The standard InChI is InChI=1S/C12H15NO/c1-2-4-10(5-3-1)12(8-14-9-12)11-6-13-7-11/h1-5,11,13H,6-9H2. The average molecular weight is 189 g/mol. The van der Waals surface area contributed by atoms with Crippen molar-refractivity contribution >= 4 is 0 Å².